The predicted molar refractivity (Wildman–Crippen MR) is 209 cm³/mol. The second-order valence-electron chi connectivity index (χ2n) is 23.4. The first-order valence-corrected chi connectivity index (χ1v) is 22.9. The minimum absolute atomic E-state index is 0.0126. The molecule has 0 aromatic rings. The molecule has 0 aromatic carbocycles. The van der Waals surface area contributed by atoms with Gasteiger partial charge in [0.25, 0.3) is 0 Å². The van der Waals surface area contributed by atoms with E-state index in [1.807, 2.05) is 13.8 Å². The molecule has 2 saturated heterocycles. The fraction of sp³-hybridized carbons (Fsp3) is 1.00. The van der Waals surface area contributed by atoms with Crippen molar-refractivity contribution in [2.24, 2.45) is 86.8 Å². The molecule has 10 aliphatic rings. The molecule has 308 valence electrons. The van der Waals surface area contributed by atoms with Crippen molar-refractivity contribution in [3.8, 4) is 0 Å². The van der Waals surface area contributed by atoms with Crippen LogP contribution in [0.1, 0.15) is 153 Å². The highest BCUT2D eigenvalue weighted by atomic mass is 16.8. The molecule has 54 heavy (non-hydrogen) atoms. The third-order valence-corrected chi connectivity index (χ3v) is 20.5. The summed E-state index contributed by atoms with van der Waals surface area (Å²) in [5.41, 5.74) is 0.875. The molecule has 2 aliphatic heterocycles. The van der Waals surface area contributed by atoms with Crippen molar-refractivity contribution in [1.82, 2.24) is 0 Å². The van der Waals surface area contributed by atoms with E-state index in [2.05, 4.69) is 62.3 Å². The molecule has 0 spiro atoms. The maximum absolute atomic E-state index is 11.3. The summed E-state index contributed by atoms with van der Waals surface area (Å²) in [4.78, 5) is 0. The molecule has 7 heteroatoms. The van der Waals surface area contributed by atoms with Crippen LogP contribution in [0, 0.1) is 86.8 Å². The summed E-state index contributed by atoms with van der Waals surface area (Å²) in [5, 5.41) is 33.2. The summed E-state index contributed by atoms with van der Waals surface area (Å²) in [7, 11) is 0. The van der Waals surface area contributed by atoms with Gasteiger partial charge in [0.05, 0.1) is 42.7 Å². The molecule has 22 atom stereocenters. The van der Waals surface area contributed by atoms with Crippen LogP contribution in [0.4, 0.5) is 0 Å². The van der Waals surface area contributed by atoms with E-state index < -0.39 is 23.8 Å². The average Bonchev–Trinajstić information content (AvgIpc) is 3.79. The molecule has 7 nitrogen and oxygen atoms in total. The van der Waals surface area contributed by atoms with Gasteiger partial charge in [-0.3, -0.25) is 0 Å². The normalized spacial score (nSPS) is 61.7. The Labute approximate surface area is 327 Å². The minimum Gasteiger partial charge on any atom is -0.393 e. The van der Waals surface area contributed by atoms with E-state index in [-0.39, 0.29) is 41.0 Å². The van der Waals surface area contributed by atoms with E-state index in [4.69, 9.17) is 18.9 Å². The van der Waals surface area contributed by atoms with Crippen molar-refractivity contribution in [3.05, 3.63) is 0 Å². The topological polar surface area (TPSA) is 97.6 Å². The van der Waals surface area contributed by atoms with Crippen molar-refractivity contribution < 1.29 is 34.3 Å². The molecule has 10 rings (SSSR count). The van der Waals surface area contributed by atoms with Crippen LogP contribution >= 0.6 is 0 Å². The Kier molecular flexibility index (Phi) is 9.16. The third kappa shape index (κ3) is 5.35. The highest BCUT2D eigenvalue weighted by Crippen LogP contribution is 2.71. The Balaban J connectivity index is 0.000000142. The van der Waals surface area contributed by atoms with Gasteiger partial charge in [0.15, 0.2) is 11.6 Å². The van der Waals surface area contributed by atoms with Crippen molar-refractivity contribution in [2.45, 2.75) is 208 Å². The van der Waals surface area contributed by atoms with Gasteiger partial charge in [-0.25, -0.2) is 0 Å². The lowest BCUT2D eigenvalue weighted by Crippen LogP contribution is -2.67. The highest BCUT2D eigenvalue weighted by molar-refractivity contribution is 5.17. The molecule has 8 unspecified atom stereocenters. The lowest BCUT2D eigenvalue weighted by molar-refractivity contribution is -0.244. The molecule has 8 aliphatic carbocycles. The van der Waals surface area contributed by atoms with Gasteiger partial charge in [0.1, 0.15) is 0 Å². The molecular formula is C47H78O7. The first-order valence-electron chi connectivity index (χ1n) is 22.9. The van der Waals surface area contributed by atoms with Crippen LogP contribution in [-0.2, 0) is 18.9 Å². The van der Waals surface area contributed by atoms with E-state index in [1.165, 1.54) is 38.5 Å². The average molecular weight is 755 g/mol. The Morgan fingerprint density at radius 3 is 1.50 bits per heavy atom. The summed E-state index contributed by atoms with van der Waals surface area (Å²) < 4.78 is 25.3. The summed E-state index contributed by atoms with van der Waals surface area (Å²) in [6.45, 7) is 25.7. The van der Waals surface area contributed by atoms with Crippen LogP contribution < -0.4 is 0 Å². The standard InChI is InChI=1S/C25H42O2.C22H36O5/c1-14-8-9-17-20-15(2)16(3)21-22-19(26-23(4,5)27-22)11-13-25(21,7)18(20)10-12-24(14,17)6;1-20(2)26-13-8-10-22(4)12-7-9-21(3)11(5-6-14(21)23)15(12)17(24)18(25)16(22)19(13)27-20/h14-22H,8-13H2,1-7H3;11-19,23-25H,5-10H2,1-4H3/t14-,15-,16-,17?,18?,19-,20?,21?,22+,24+,25+;11?,12?,13-,14-,15?,16?,17+,18+,19+,21-,22+/m00/s1. The number of hydrogen-bond acceptors (Lipinski definition) is 7. The summed E-state index contributed by atoms with van der Waals surface area (Å²) >= 11 is 0. The minimum atomic E-state index is -0.790. The highest BCUT2D eigenvalue weighted by Gasteiger charge is 2.69. The van der Waals surface area contributed by atoms with Crippen molar-refractivity contribution in [1.29, 1.82) is 0 Å². The Morgan fingerprint density at radius 2 is 0.889 bits per heavy atom. The molecule has 10 fully saturated rings. The fourth-order valence-corrected chi connectivity index (χ4v) is 17.6. The molecule has 0 aromatic heterocycles. The predicted octanol–water partition coefficient (Wildman–Crippen LogP) is 8.75. The second kappa shape index (κ2) is 12.6. The monoisotopic (exact) mass is 755 g/mol. The van der Waals surface area contributed by atoms with Gasteiger partial charge in [-0.1, -0.05) is 48.5 Å². The van der Waals surface area contributed by atoms with Crippen LogP contribution in [0.5, 0.6) is 0 Å². The number of rotatable bonds is 0. The fourth-order valence-electron chi connectivity index (χ4n) is 17.6. The zero-order valence-corrected chi connectivity index (χ0v) is 35.9. The lowest BCUT2D eigenvalue weighted by Gasteiger charge is -2.65. The van der Waals surface area contributed by atoms with E-state index in [0.29, 0.717) is 40.8 Å². The maximum atomic E-state index is 11.3. The lowest BCUT2D eigenvalue weighted by atomic mass is 9.40. The molecule has 0 bridgehead atoms. The summed E-state index contributed by atoms with van der Waals surface area (Å²) in [6.07, 6.45) is 12.9. The smallest absolute Gasteiger partial charge is 0.163 e. The van der Waals surface area contributed by atoms with Crippen LogP contribution in [0.25, 0.3) is 0 Å². The first kappa shape index (κ1) is 39.2. The first-order chi connectivity index (χ1) is 25.2. The van der Waals surface area contributed by atoms with E-state index in [9.17, 15) is 15.3 Å². The van der Waals surface area contributed by atoms with Crippen LogP contribution in [0.15, 0.2) is 0 Å². The van der Waals surface area contributed by atoms with Gasteiger partial charge in [-0.15, -0.1) is 0 Å². The van der Waals surface area contributed by atoms with Gasteiger partial charge in [-0.05, 0) is 186 Å². The van der Waals surface area contributed by atoms with Gasteiger partial charge >= 0.3 is 0 Å². The maximum Gasteiger partial charge on any atom is 0.163 e. The molecule has 8 saturated carbocycles. The Hall–Kier alpha value is -0.280. The second-order valence-corrected chi connectivity index (χ2v) is 23.4. The Morgan fingerprint density at radius 1 is 0.426 bits per heavy atom. The van der Waals surface area contributed by atoms with E-state index in [1.54, 1.807) is 0 Å². The largest absolute Gasteiger partial charge is 0.393 e. The quantitative estimate of drug-likeness (QED) is 0.228. The zero-order chi connectivity index (χ0) is 38.7. The van der Waals surface area contributed by atoms with Crippen LogP contribution in [0.2, 0.25) is 0 Å². The molecule has 0 amide bonds. The number of ether oxygens (including phenoxy) is 4. The van der Waals surface area contributed by atoms with Crippen LogP contribution in [0.3, 0.4) is 0 Å². The van der Waals surface area contributed by atoms with Crippen molar-refractivity contribution in [3.63, 3.8) is 0 Å². The van der Waals surface area contributed by atoms with Crippen LogP contribution in [-0.4, -0.2) is 69.6 Å². The van der Waals surface area contributed by atoms with E-state index >= 15 is 0 Å². The number of hydrogen-bond donors (Lipinski definition) is 3. The molecular weight excluding hydrogens is 677 g/mol. The van der Waals surface area contributed by atoms with Gasteiger partial charge in [0, 0.05) is 5.92 Å². The molecule has 3 N–H and O–H groups in total. The van der Waals surface area contributed by atoms with E-state index in [0.717, 1.165) is 74.0 Å². The zero-order valence-electron chi connectivity index (χ0n) is 35.9. The molecule has 0 radical (unpaired) electrons. The third-order valence-electron chi connectivity index (χ3n) is 20.5. The summed E-state index contributed by atoms with van der Waals surface area (Å²) in [6, 6.07) is 0. The van der Waals surface area contributed by atoms with Crippen molar-refractivity contribution >= 4 is 0 Å². The molecule has 2 heterocycles. The van der Waals surface area contributed by atoms with Gasteiger partial charge in [-0.2, -0.15) is 0 Å². The summed E-state index contributed by atoms with van der Waals surface area (Å²) in [5.74, 6) is 5.54. The number of aliphatic hydroxyl groups excluding tert-OH is 3. The van der Waals surface area contributed by atoms with Crippen molar-refractivity contribution in [2.75, 3.05) is 0 Å². The Bertz CT molecular complexity index is 1340. The van der Waals surface area contributed by atoms with Gasteiger partial charge in [0.2, 0.25) is 0 Å². The number of aliphatic hydroxyl groups is 3. The number of fused-ring (bicyclic) bond motifs is 14. The SMILES string of the molecule is CC1(C)O[C@H]2CC[C@]3(C)C4CC[C@@]5(C)C(CC[C@@H]5O)C4[C@@H](O)[C@H](O)C3[C@@H]2O1.C[C@@H]1C2C(CC[C@@]3(C)C2CC[C@@H]3C)[C@@]2(C)CC[C@@H]3OC(C)(C)O[C@H]3C2[C@H]1C. The van der Waals surface area contributed by atoms with Gasteiger partial charge < -0.3 is 34.3 Å².